The normalized spacial score (nSPS) is 15.9. The van der Waals surface area contributed by atoms with Gasteiger partial charge < -0.3 is 14.4 Å². The molecule has 4 rings (SSSR count). The Hall–Kier alpha value is -2.92. The van der Waals surface area contributed by atoms with Crippen LogP contribution in [0.25, 0.3) is 0 Å². The number of methoxy groups -OCH3 is 1. The molecule has 1 atom stereocenters. The molecule has 0 aliphatic carbocycles. The van der Waals surface area contributed by atoms with E-state index in [2.05, 4.69) is 6.07 Å². The molecule has 1 amide bonds. The molecule has 3 aromatic rings. The number of amides is 1. The minimum Gasteiger partial charge on any atom is -0.497 e. The first-order valence-electron chi connectivity index (χ1n) is 9.58. The van der Waals surface area contributed by atoms with Crippen molar-refractivity contribution < 1.29 is 14.3 Å². The summed E-state index contributed by atoms with van der Waals surface area (Å²) in [4.78, 5) is 15.1. The Morgan fingerprint density at radius 1 is 1.03 bits per heavy atom. The Bertz CT molecular complexity index is 977. The number of carbonyl (C=O) groups excluding carboxylic acids is 1. The zero-order chi connectivity index (χ0) is 20.1. The number of benzene rings is 3. The Balaban J connectivity index is 1.56. The van der Waals surface area contributed by atoms with Gasteiger partial charge in [0.15, 0.2) is 0 Å². The van der Waals surface area contributed by atoms with Crippen molar-refractivity contribution in [1.29, 1.82) is 0 Å². The lowest BCUT2D eigenvalue weighted by Gasteiger charge is -2.26. The van der Waals surface area contributed by atoms with Gasteiger partial charge in [0.2, 0.25) is 0 Å². The average Bonchev–Trinajstić information content (AvgIpc) is 3.28. The quantitative estimate of drug-likeness (QED) is 0.568. The van der Waals surface area contributed by atoms with Gasteiger partial charge in [-0.3, -0.25) is 4.79 Å². The van der Waals surface area contributed by atoms with Gasteiger partial charge in [-0.05, 0) is 29.8 Å². The second-order valence-corrected chi connectivity index (χ2v) is 7.95. The number of hydrogen-bond acceptors (Lipinski definition) is 4. The maximum absolute atomic E-state index is 13.2. The van der Waals surface area contributed by atoms with E-state index in [1.54, 1.807) is 24.9 Å². The molecule has 5 heteroatoms. The van der Waals surface area contributed by atoms with Crippen LogP contribution in [0.15, 0.2) is 78.9 Å². The lowest BCUT2D eigenvalue weighted by atomic mass is 10.1. The largest absolute Gasteiger partial charge is 0.497 e. The number of carbonyl (C=O) groups is 1. The van der Waals surface area contributed by atoms with Gasteiger partial charge in [0.25, 0.3) is 5.91 Å². The first kappa shape index (κ1) is 19.4. The summed E-state index contributed by atoms with van der Waals surface area (Å²) >= 11 is 1.77. The van der Waals surface area contributed by atoms with E-state index < -0.39 is 0 Å². The zero-order valence-electron chi connectivity index (χ0n) is 16.3. The van der Waals surface area contributed by atoms with E-state index in [9.17, 15) is 4.79 Å². The number of hydrogen-bond donors (Lipinski definition) is 0. The van der Waals surface area contributed by atoms with Crippen LogP contribution in [0.2, 0.25) is 0 Å². The van der Waals surface area contributed by atoms with Gasteiger partial charge in [0, 0.05) is 23.4 Å². The molecule has 3 aromatic carbocycles. The number of para-hydroxylation sites is 1. The molecule has 148 valence electrons. The number of nitrogens with zero attached hydrogens (tertiary/aromatic N) is 1. The van der Waals surface area contributed by atoms with Gasteiger partial charge in [0.1, 0.15) is 23.5 Å². The Morgan fingerprint density at radius 3 is 2.66 bits per heavy atom. The summed E-state index contributed by atoms with van der Waals surface area (Å²) in [7, 11) is 1.61. The molecule has 0 spiro atoms. The molecular formula is C24H23NO3S. The number of thioether (sulfide) groups is 1. The second-order valence-electron chi connectivity index (χ2n) is 6.77. The van der Waals surface area contributed by atoms with Crippen LogP contribution in [-0.4, -0.2) is 30.2 Å². The molecular weight excluding hydrogens is 382 g/mol. The van der Waals surface area contributed by atoms with Crippen molar-refractivity contribution >= 4 is 17.7 Å². The first-order valence-corrected chi connectivity index (χ1v) is 10.6. The smallest absolute Gasteiger partial charge is 0.255 e. The fourth-order valence-corrected chi connectivity index (χ4v) is 4.69. The highest BCUT2D eigenvalue weighted by atomic mass is 32.2. The van der Waals surface area contributed by atoms with Crippen LogP contribution in [0.5, 0.6) is 11.5 Å². The second kappa shape index (κ2) is 9.05. The molecule has 0 bridgehead atoms. The molecule has 0 saturated carbocycles. The van der Waals surface area contributed by atoms with E-state index >= 15 is 0 Å². The lowest BCUT2D eigenvalue weighted by molar-refractivity contribution is 0.0758. The van der Waals surface area contributed by atoms with Crippen molar-refractivity contribution in [1.82, 2.24) is 4.90 Å². The van der Waals surface area contributed by atoms with Gasteiger partial charge >= 0.3 is 0 Å². The number of ether oxygens (including phenoxy) is 2. The Kier molecular flexibility index (Phi) is 6.06. The first-order chi connectivity index (χ1) is 14.3. The van der Waals surface area contributed by atoms with E-state index in [1.807, 2.05) is 71.6 Å². The van der Waals surface area contributed by atoms with Crippen molar-refractivity contribution in [2.75, 3.05) is 19.4 Å². The molecule has 1 aliphatic rings. The molecule has 0 aromatic heterocycles. The van der Waals surface area contributed by atoms with Crippen LogP contribution in [0, 0.1) is 0 Å². The molecule has 1 heterocycles. The summed E-state index contributed by atoms with van der Waals surface area (Å²) in [5.41, 5.74) is 2.78. The molecule has 0 radical (unpaired) electrons. The summed E-state index contributed by atoms with van der Waals surface area (Å²) in [6.07, 6.45) is 0. The minimum atomic E-state index is -0.0688. The Morgan fingerprint density at radius 2 is 1.83 bits per heavy atom. The van der Waals surface area contributed by atoms with Gasteiger partial charge in [0.05, 0.1) is 7.11 Å². The lowest BCUT2D eigenvalue weighted by Crippen LogP contribution is -2.30. The van der Waals surface area contributed by atoms with E-state index in [1.165, 1.54) is 0 Å². The number of rotatable bonds is 6. The average molecular weight is 406 g/mol. The molecule has 1 fully saturated rings. The van der Waals surface area contributed by atoms with Crippen LogP contribution in [0.3, 0.4) is 0 Å². The molecule has 0 N–H and O–H groups in total. The van der Waals surface area contributed by atoms with Gasteiger partial charge in [-0.1, -0.05) is 54.6 Å². The van der Waals surface area contributed by atoms with Crippen LogP contribution < -0.4 is 9.47 Å². The van der Waals surface area contributed by atoms with E-state index in [4.69, 9.17) is 9.47 Å². The van der Waals surface area contributed by atoms with Crippen LogP contribution in [0.1, 0.15) is 26.9 Å². The predicted molar refractivity (Wildman–Crippen MR) is 116 cm³/mol. The third kappa shape index (κ3) is 4.40. The van der Waals surface area contributed by atoms with Crippen LogP contribution >= 0.6 is 11.8 Å². The fourth-order valence-electron chi connectivity index (χ4n) is 3.41. The van der Waals surface area contributed by atoms with Crippen molar-refractivity contribution in [3.8, 4) is 11.5 Å². The minimum absolute atomic E-state index is 0.0109. The molecule has 0 unspecified atom stereocenters. The highest BCUT2D eigenvalue weighted by Crippen LogP contribution is 2.42. The maximum atomic E-state index is 13.2. The maximum Gasteiger partial charge on any atom is 0.255 e. The highest BCUT2D eigenvalue weighted by Gasteiger charge is 2.33. The third-order valence-corrected chi connectivity index (χ3v) is 6.13. The van der Waals surface area contributed by atoms with E-state index in [0.29, 0.717) is 24.5 Å². The topological polar surface area (TPSA) is 38.8 Å². The molecule has 1 saturated heterocycles. The third-order valence-electron chi connectivity index (χ3n) is 4.89. The van der Waals surface area contributed by atoms with E-state index in [0.717, 1.165) is 22.6 Å². The van der Waals surface area contributed by atoms with Gasteiger partial charge in [-0.15, -0.1) is 11.8 Å². The van der Waals surface area contributed by atoms with Crippen molar-refractivity contribution in [2.24, 2.45) is 0 Å². The molecule has 1 aliphatic heterocycles. The van der Waals surface area contributed by atoms with Crippen molar-refractivity contribution in [3.05, 3.63) is 95.6 Å². The SMILES string of the molecule is COc1cccc(C(=O)N2CCS[C@H]2c2ccccc2OCc2ccccc2)c1. The summed E-state index contributed by atoms with van der Waals surface area (Å²) in [6, 6.07) is 25.4. The van der Waals surface area contributed by atoms with Gasteiger partial charge in [-0.25, -0.2) is 0 Å². The standard InChI is InChI=1S/C24H23NO3S/c1-27-20-11-7-10-19(16-20)23(26)25-14-15-29-24(25)21-12-5-6-13-22(21)28-17-18-8-3-2-4-9-18/h2-13,16,24H,14-15,17H2,1H3/t24-/m0/s1. The summed E-state index contributed by atoms with van der Waals surface area (Å²) < 4.78 is 11.4. The highest BCUT2D eigenvalue weighted by molar-refractivity contribution is 7.99. The van der Waals surface area contributed by atoms with Crippen molar-refractivity contribution in [2.45, 2.75) is 12.0 Å². The summed E-state index contributed by atoms with van der Waals surface area (Å²) in [6.45, 7) is 1.21. The Labute approximate surface area is 175 Å². The summed E-state index contributed by atoms with van der Waals surface area (Å²) in [5.74, 6) is 2.41. The molecule has 4 nitrogen and oxygen atoms in total. The van der Waals surface area contributed by atoms with Crippen LogP contribution in [0.4, 0.5) is 0 Å². The van der Waals surface area contributed by atoms with Crippen molar-refractivity contribution in [3.63, 3.8) is 0 Å². The monoisotopic (exact) mass is 405 g/mol. The van der Waals surface area contributed by atoms with Gasteiger partial charge in [-0.2, -0.15) is 0 Å². The zero-order valence-corrected chi connectivity index (χ0v) is 17.1. The fraction of sp³-hybridized carbons (Fsp3) is 0.208. The predicted octanol–water partition coefficient (Wildman–Crippen LogP) is 5.16. The van der Waals surface area contributed by atoms with Crippen LogP contribution in [-0.2, 0) is 6.61 Å². The molecule has 29 heavy (non-hydrogen) atoms. The van der Waals surface area contributed by atoms with E-state index in [-0.39, 0.29) is 11.3 Å². The summed E-state index contributed by atoms with van der Waals surface area (Å²) in [5, 5.41) is -0.0688.